The van der Waals surface area contributed by atoms with E-state index in [1.165, 1.54) is 27.0 Å². The van der Waals surface area contributed by atoms with E-state index in [1.807, 2.05) is 0 Å². The van der Waals surface area contributed by atoms with Crippen molar-refractivity contribution in [3.63, 3.8) is 0 Å². The predicted octanol–water partition coefficient (Wildman–Crippen LogP) is 5.08. The fraction of sp³-hybridized carbons (Fsp3) is 0.286. The van der Waals surface area contributed by atoms with Gasteiger partial charge in [0, 0.05) is 15.0 Å². The van der Waals surface area contributed by atoms with E-state index in [1.54, 1.807) is 11.3 Å². The monoisotopic (exact) mass is 309 g/mol. The summed E-state index contributed by atoms with van der Waals surface area (Å²) in [6.45, 7) is 3.09. The Kier molecular flexibility index (Phi) is 4.63. The van der Waals surface area contributed by atoms with Gasteiger partial charge in [0.2, 0.25) is 0 Å². The van der Waals surface area contributed by atoms with Gasteiger partial charge in [-0.3, -0.25) is 0 Å². The topological polar surface area (TPSA) is 12.0 Å². The molecule has 0 aliphatic heterocycles. The van der Waals surface area contributed by atoms with E-state index in [0.717, 1.165) is 13.0 Å². The zero-order valence-corrected chi connectivity index (χ0v) is 12.3. The van der Waals surface area contributed by atoms with Crippen molar-refractivity contribution < 1.29 is 0 Å². The van der Waals surface area contributed by atoms with Crippen LogP contribution in [0.25, 0.3) is 0 Å². The molecule has 17 heavy (non-hydrogen) atoms. The molecule has 0 bridgehead atoms. The summed E-state index contributed by atoms with van der Waals surface area (Å²) >= 11 is 5.31. The maximum Gasteiger partial charge on any atom is 0.0505 e. The maximum absolute atomic E-state index is 3.54. The number of hydrogen-bond acceptors (Lipinski definition) is 2. The third-order valence-electron chi connectivity index (χ3n) is 2.64. The molecule has 3 heteroatoms. The molecule has 0 radical (unpaired) electrons. The molecule has 0 fully saturated rings. The smallest absolute Gasteiger partial charge is 0.0505 e. The summed E-state index contributed by atoms with van der Waals surface area (Å²) in [6, 6.07) is 10.8. The number of nitrogens with one attached hydrogen (secondary N) is 1. The Balaban J connectivity index is 1.93. The SMILES string of the molecule is CCCc1ccc(NCc2sccc2Br)cc1. The minimum atomic E-state index is 0.880. The average molecular weight is 310 g/mol. The molecular weight excluding hydrogens is 294 g/mol. The van der Waals surface area contributed by atoms with Gasteiger partial charge in [-0.05, 0) is 51.5 Å². The molecule has 1 nitrogen and oxygen atoms in total. The molecule has 0 aliphatic rings. The largest absolute Gasteiger partial charge is 0.380 e. The lowest BCUT2D eigenvalue weighted by Gasteiger charge is -2.06. The second-order valence-electron chi connectivity index (χ2n) is 3.99. The highest BCUT2D eigenvalue weighted by Gasteiger charge is 2.00. The van der Waals surface area contributed by atoms with Gasteiger partial charge in [0.25, 0.3) is 0 Å². The summed E-state index contributed by atoms with van der Waals surface area (Å²) in [5.41, 5.74) is 2.60. The molecule has 0 unspecified atom stereocenters. The van der Waals surface area contributed by atoms with Crippen molar-refractivity contribution in [2.75, 3.05) is 5.32 Å². The van der Waals surface area contributed by atoms with E-state index in [2.05, 4.69) is 63.9 Å². The van der Waals surface area contributed by atoms with Crippen molar-refractivity contribution in [2.45, 2.75) is 26.3 Å². The van der Waals surface area contributed by atoms with Crippen LogP contribution in [0.1, 0.15) is 23.8 Å². The molecule has 2 aromatic rings. The van der Waals surface area contributed by atoms with Crippen molar-refractivity contribution in [1.29, 1.82) is 0 Å². The Bertz CT molecular complexity index is 461. The molecule has 1 aromatic carbocycles. The second kappa shape index (κ2) is 6.22. The van der Waals surface area contributed by atoms with Crippen LogP contribution in [0.2, 0.25) is 0 Å². The quantitative estimate of drug-likeness (QED) is 0.812. The van der Waals surface area contributed by atoms with Crippen LogP contribution in [-0.2, 0) is 13.0 Å². The van der Waals surface area contributed by atoms with E-state index in [0.29, 0.717) is 0 Å². The Hall–Kier alpha value is -0.800. The van der Waals surface area contributed by atoms with E-state index < -0.39 is 0 Å². The zero-order chi connectivity index (χ0) is 12.1. The molecule has 1 heterocycles. The van der Waals surface area contributed by atoms with Crippen LogP contribution in [-0.4, -0.2) is 0 Å². The van der Waals surface area contributed by atoms with Crippen molar-refractivity contribution in [3.8, 4) is 0 Å². The normalized spacial score (nSPS) is 10.5. The summed E-state index contributed by atoms with van der Waals surface area (Å²) in [5.74, 6) is 0. The molecular formula is C14H16BrNS. The first-order chi connectivity index (χ1) is 8.29. The third-order valence-corrected chi connectivity index (χ3v) is 4.56. The first-order valence-electron chi connectivity index (χ1n) is 5.84. The molecule has 0 amide bonds. The molecule has 90 valence electrons. The average Bonchev–Trinajstić information content (AvgIpc) is 2.75. The highest BCUT2D eigenvalue weighted by atomic mass is 79.9. The molecule has 0 aliphatic carbocycles. The van der Waals surface area contributed by atoms with Crippen LogP contribution >= 0.6 is 27.3 Å². The minimum absolute atomic E-state index is 0.880. The first-order valence-corrected chi connectivity index (χ1v) is 7.51. The van der Waals surface area contributed by atoms with Crippen LogP contribution in [0.3, 0.4) is 0 Å². The molecule has 0 spiro atoms. The van der Waals surface area contributed by atoms with E-state index in [9.17, 15) is 0 Å². The lowest BCUT2D eigenvalue weighted by molar-refractivity contribution is 0.922. The van der Waals surface area contributed by atoms with Crippen LogP contribution in [0.5, 0.6) is 0 Å². The van der Waals surface area contributed by atoms with Crippen molar-refractivity contribution >= 4 is 33.0 Å². The van der Waals surface area contributed by atoms with Gasteiger partial charge in [0.15, 0.2) is 0 Å². The molecule has 0 atom stereocenters. The summed E-state index contributed by atoms with van der Waals surface area (Å²) in [7, 11) is 0. The number of anilines is 1. The van der Waals surface area contributed by atoms with Crippen LogP contribution in [0.15, 0.2) is 40.2 Å². The number of hydrogen-bond donors (Lipinski definition) is 1. The van der Waals surface area contributed by atoms with Gasteiger partial charge < -0.3 is 5.32 Å². The lowest BCUT2D eigenvalue weighted by atomic mass is 10.1. The predicted molar refractivity (Wildman–Crippen MR) is 79.8 cm³/mol. The van der Waals surface area contributed by atoms with E-state index in [-0.39, 0.29) is 0 Å². The minimum Gasteiger partial charge on any atom is -0.380 e. The number of aryl methyl sites for hydroxylation is 1. The molecule has 2 rings (SSSR count). The zero-order valence-electron chi connectivity index (χ0n) is 9.87. The van der Waals surface area contributed by atoms with Gasteiger partial charge in [-0.2, -0.15) is 0 Å². The number of rotatable bonds is 5. The summed E-state index contributed by atoms with van der Waals surface area (Å²) in [6.07, 6.45) is 2.37. The fourth-order valence-corrected chi connectivity index (χ4v) is 3.14. The lowest BCUT2D eigenvalue weighted by Crippen LogP contribution is -1.97. The van der Waals surface area contributed by atoms with E-state index in [4.69, 9.17) is 0 Å². The summed E-state index contributed by atoms with van der Waals surface area (Å²) < 4.78 is 1.19. The van der Waals surface area contributed by atoms with Gasteiger partial charge in [-0.25, -0.2) is 0 Å². The number of thiophene rings is 1. The number of benzene rings is 1. The van der Waals surface area contributed by atoms with Crippen LogP contribution in [0, 0.1) is 0 Å². The fourth-order valence-electron chi connectivity index (χ4n) is 1.71. The van der Waals surface area contributed by atoms with E-state index >= 15 is 0 Å². The maximum atomic E-state index is 3.54. The highest BCUT2D eigenvalue weighted by molar-refractivity contribution is 9.10. The van der Waals surface area contributed by atoms with Gasteiger partial charge in [0.05, 0.1) is 6.54 Å². The standard InChI is InChI=1S/C14H16BrNS/c1-2-3-11-4-6-12(7-5-11)16-10-14-13(15)8-9-17-14/h4-9,16H,2-3,10H2,1H3. The van der Waals surface area contributed by atoms with Crippen molar-refractivity contribution in [1.82, 2.24) is 0 Å². The van der Waals surface area contributed by atoms with Crippen molar-refractivity contribution in [3.05, 3.63) is 50.6 Å². The molecule has 0 saturated heterocycles. The summed E-state index contributed by atoms with van der Waals surface area (Å²) in [4.78, 5) is 1.34. The van der Waals surface area contributed by atoms with Gasteiger partial charge in [-0.1, -0.05) is 25.5 Å². The van der Waals surface area contributed by atoms with Gasteiger partial charge in [-0.15, -0.1) is 11.3 Å². The third kappa shape index (κ3) is 3.58. The van der Waals surface area contributed by atoms with Gasteiger partial charge in [0.1, 0.15) is 0 Å². The van der Waals surface area contributed by atoms with Crippen LogP contribution < -0.4 is 5.32 Å². The Labute approximate surface area is 115 Å². The summed E-state index contributed by atoms with van der Waals surface area (Å²) in [5, 5.41) is 5.54. The Morgan fingerprint density at radius 3 is 2.53 bits per heavy atom. The second-order valence-corrected chi connectivity index (χ2v) is 5.85. The molecule has 0 saturated carbocycles. The molecule has 1 aromatic heterocycles. The Morgan fingerprint density at radius 2 is 1.94 bits per heavy atom. The first kappa shape index (κ1) is 12.7. The molecule has 1 N–H and O–H groups in total. The Morgan fingerprint density at radius 1 is 1.18 bits per heavy atom. The van der Waals surface area contributed by atoms with Crippen molar-refractivity contribution in [2.24, 2.45) is 0 Å². The number of halogens is 1. The van der Waals surface area contributed by atoms with Crippen LogP contribution in [0.4, 0.5) is 5.69 Å². The highest BCUT2D eigenvalue weighted by Crippen LogP contribution is 2.23. The van der Waals surface area contributed by atoms with Gasteiger partial charge >= 0.3 is 0 Å².